The van der Waals surface area contributed by atoms with Gasteiger partial charge >= 0.3 is 6.18 Å². The molecule has 1 aliphatic rings. The Morgan fingerprint density at radius 2 is 1.87 bits per heavy atom. The van der Waals surface area contributed by atoms with E-state index >= 15 is 0 Å². The molecule has 30 heavy (non-hydrogen) atoms. The van der Waals surface area contributed by atoms with Crippen LogP contribution in [-0.2, 0) is 17.4 Å². The summed E-state index contributed by atoms with van der Waals surface area (Å²) >= 11 is 0. The molecule has 3 rings (SSSR count). The van der Waals surface area contributed by atoms with Gasteiger partial charge in [0.2, 0.25) is 0 Å². The number of carbonyl (C=O) groups is 1. The van der Waals surface area contributed by atoms with Gasteiger partial charge in [0.05, 0.1) is 11.3 Å². The van der Waals surface area contributed by atoms with Gasteiger partial charge in [-0.15, -0.1) is 0 Å². The Labute approximate surface area is 171 Å². The topological polar surface area (TPSA) is 93.5 Å². The number of halogens is 4. The molecular weight excluding hydrogens is 400 g/mol. The minimum atomic E-state index is -4.62. The first-order chi connectivity index (χ1) is 14.2. The third-order valence-electron chi connectivity index (χ3n) is 4.87. The lowest BCUT2D eigenvalue weighted by Gasteiger charge is -2.14. The molecular formula is C21H22F4N4O. The van der Waals surface area contributed by atoms with Crippen LogP contribution in [0.1, 0.15) is 24.0 Å². The molecule has 0 saturated carbocycles. The largest absolute Gasteiger partial charge is 0.416 e. The van der Waals surface area contributed by atoms with Crippen molar-refractivity contribution in [3.63, 3.8) is 0 Å². The number of hydrogen-bond acceptors (Lipinski definition) is 4. The van der Waals surface area contributed by atoms with Crippen molar-refractivity contribution in [3.05, 3.63) is 53.3 Å². The zero-order chi connectivity index (χ0) is 21.9. The number of amides is 1. The summed E-state index contributed by atoms with van der Waals surface area (Å²) in [4.78, 5) is 16.5. The average Bonchev–Trinajstić information content (AvgIpc) is 3.13. The van der Waals surface area contributed by atoms with Gasteiger partial charge in [0, 0.05) is 19.0 Å². The second-order valence-corrected chi connectivity index (χ2v) is 7.16. The second-order valence-electron chi connectivity index (χ2n) is 7.16. The summed E-state index contributed by atoms with van der Waals surface area (Å²) in [6.07, 6.45) is -3.50. The highest BCUT2D eigenvalue weighted by atomic mass is 19.4. The molecule has 1 amide bonds. The first-order valence-electron chi connectivity index (χ1n) is 9.50. The Morgan fingerprint density at radius 1 is 1.17 bits per heavy atom. The zero-order valence-electron chi connectivity index (χ0n) is 16.1. The van der Waals surface area contributed by atoms with Crippen molar-refractivity contribution in [2.24, 2.45) is 16.5 Å². The minimum Gasteiger partial charge on any atom is -0.349 e. The van der Waals surface area contributed by atoms with E-state index in [1.807, 2.05) is 0 Å². The third-order valence-corrected chi connectivity index (χ3v) is 4.87. The quantitative estimate of drug-likeness (QED) is 0.598. The Morgan fingerprint density at radius 3 is 2.50 bits per heavy atom. The predicted molar refractivity (Wildman–Crippen MR) is 107 cm³/mol. The van der Waals surface area contributed by atoms with Gasteiger partial charge in [-0.05, 0) is 60.3 Å². The van der Waals surface area contributed by atoms with Gasteiger partial charge in [-0.25, -0.2) is 9.38 Å². The second kappa shape index (κ2) is 8.93. The molecule has 5 N–H and O–H groups in total. The maximum atomic E-state index is 13.7. The number of aliphatic imine (C=N–C) groups is 1. The first-order valence-corrected chi connectivity index (χ1v) is 9.50. The molecule has 1 unspecified atom stereocenters. The van der Waals surface area contributed by atoms with E-state index in [4.69, 9.17) is 11.5 Å². The number of carbonyl (C=O) groups excluding carboxylic acids is 1. The zero-order valence-corrected chi connectivity index (χ0v) is 16.1. The number of nitrogens with one attached hydrogen (secondary N) is 1. The molecule has 0 saturated heterocycles. The summed E-state index contributed by atoms with van der Waals surface area (Å²) in [6, 6.07) is 7.32. The van der Waals surface area contributed by atoms with Crippen molar-refractivity contribution in [1.82, 2.24) is 5.32 Å². The maximum absolute atomic E-state index is 13.7. The van der Waals surface area contributed by atoms with Gasteiger partial charge in [-0.3, -0.25) is 4.79 Å². The van der Waals surface area contributed by atoms with Crippen LogP contribution < -0.4 is 16.8 Å². The smallest absolute Gasteiger partial charge is 0.349 e. The highest BCUT2D eigenvalue weighted by molar-refractivity contribution is 6.41. The molecule has 160 valence electrons. The summed E-state index contributed by atoms with van der Waals surface area (Å²) in [5.74, 6) is -1.04. The van der Waals surface area contributed by atoms with Crippen LogP contribution in [0.3, 0.4) is 0 Å². The summed E-state index contributed by atoms with van der Waals surface area (Å²) < 4.78 is 54.2. The molecule has 1 aliphatic heterocycles. The van der Waals surface area contributed by atoms with Gasteiger partial charge in [-0.1, -0.05) is 12.1 Å². The number of benzene rings is 2. The Bertz CT molecular complexity index is 955. The van der Waals surface area contributed by atoms with Gasteiger partial charge in [0.15, 0.2) is 0 Å². The lowest BCUT2D eigenvalue weighted by atomic mass is 9.95. The molecule has 0 radical (unpaired) electrons. The summed E-state index contributed by atoms with van der Waals surface area (Å²) in [7, 11) is 0. The van der Waals surface area contributed by atoms with Crippen LogP contribution in [0.25, 0.3) is 11.1 Å². The predicted octanol–water partition coefficient (Wildman–Crippen LogP) is 3.32. The van der Waals surface area contributed by atoms with Gasteiger partial charge in [0.1, 0.15) is 11.5 Å². The van der Waals surface area contributed by atoms with Gasteiger partial charge < -0.3 is 16.8 Å². The van der Waals surface area contributed by atoms with Crippen LogP contribution in [-0.4, -0.2) is 30.8 Å². The van der Waals surface area contributed by atoms with E-state index in [9.17, 15) is 22.4 Å². The molecule has 0 fully saturated rings. The molecule has 1 heterocycles. The van der Waals surface area contributed by atoms with Crippen LogP contribution in [0.15, 0.2) is 41.4 Å². The minimum absolute atomic E-state index is 0.00205. The molecule has 0 aromatic heterocycles. The number of hydrogen-bond donors (Lipinski definition) is 3. The van der Waals surface area contributed by atoms with Crippen LogP contribution in [0.4, 0.5) is 23.2 Å². The van der Waals surface area contributed by atoms with Crippen LogP contribution >= 0.6 is 0 Å². The van der Waals surface area contributed by atoms with E-state index in [0.717, 1.165) is 6.07 Å². The highest BCUT2D eigenvalue weighted by Gasteiger charge is 2.37. The van der Waals surface area contributed by atoms with Crippen molar-refractivity contribution in [2.75, 3.05) is 13.1 Å². The summed E-state index contributed by atoms with van der Waals surface area (Å²) in [5.41, 5.74) is 11.1. The van der Waals surface area contributed by atoms with Crippen molar-refractivity contribution in [1.29, 1.82) is 0 Å². The molecule has 0 spiro atoms. The Kier molecular flexibility index (Phi) is 6.52. The summed E-state index contributed by atoms with van der Waals surface area (Å²) in [5, 5.41) is 2.62. The van der Waals surface area contributed by atoms with E-state index < -0.39 is 23.5 Å². The molecule has 2 aromatic carbocycles. The molecule has 0 aliphatic carbocycles. The molecule has 9 heteroatoms. The van der Waals surface area contributed by atoms with Crippen LogP contribution in [0.2, 0.25) is 0 Å². The normalized spacial score (nSPS) is 14.3. The number of rotatable bonds is 7. The highest BCUT2D eigenvalue weighted by Crippen LogP contribution is 2.42. The standard InChI is InChI=1S/C21H22F4N4O/c22-14-5-3-12(4-6-14)13-8-17(21(23,24)25)16-10-19(29-18(16)9-13)20(30)28-11-15(27)2-1-7-26/h3-6,8-9,15H,1-2,7,10-11,26-27H2,(H,28,30). The maximum Gasteiger partial charge on any atom is 0.416 e. The average molecular weight is 422 g/mol. The number of alkyl halides is 3. The van der Waals surface area contributed by atoms with E-state index in [2.05, 4.69) is 10.3 Å². The number of nitrogens with two attached hydrogens (primary N) is 2. The van der Waals surface area contributed by atoms with Crippen molar-refractivity contribution in [3.8, 4) is 11.1 Å². The first kappa shape index (κ1) is 21.9. The van der Waals surface area contributed by atoms with E-state index in [0.29, 0.717) is 24.9 Å². The fraction of sp³-hybridized carbons (Fsp3) is 0.333. The molecule has 1 atom stereocenters. The van der Waals surface area contributed by atoms with Crippen molar-refractivity contribution >= 4 is 17.3 Å². The van der Waals surface area contributed by atoms with Crippen LogP contribution in [0, 0.1) is 5.82 Å². The van der Waals surface area contributed by atoms with Gasteiger partial charge in [-0.2, -0.15) is 13.2 Å². The number of fused-ring (bicyclic) bond motifs is 1. The molecule has 0 bridgehead atoms. The Hall–Kier alpha value is -2.78. The lowest BCUT2D eigenvalue weighted by molar-refractivity contribution is -0.138. The fourth-order valence-electron chi connectivity index (χ4n) is 3.30. The summed E-state index contributed by atoms with van der Waals surface area (Å²) in [6.45, 7) is 0.668. The van der Waals surface area contributed by atoms with E-state index in [-0.39, 0.29) is 41.5 Å². The molecule has 2 aromatic rings. The van der Waals surface area contributed by atoms with Gasteiger partial charge in [0.25, 0.3) is 5.91 Å². The Balaban J connectivity index is 1.86. The van der Waals surface area contributed by atoms with Crippen LogP contribution in [0.5, 0.6) is 0 Å². The fourth-order valence-corrected chi connectivity index (χ4v) is 3.30. The third kappa shape index (κ3) is 5.03. The van der Waals surface area contributed by atoms with E-state index in [1.165, 1.54) is 30.3 Å². The van der Waals surface area contributed by atoms with Crippen molar-refractivity contribution in [2.45, 2.75) is 31.5 Å². The number of nitrogens with zero attached hydrogens (tertiary/aromatic N) is 1. The SMILES string of the molecule is NCCCC(N)CNC(=O)C1=Nc2cc(-c3ccc(F)cc3)cc(C(F)(F)F)c2C1. The molecule has 5 nitrogen and oxygen atoms in total. The monoisotopic (exact) mass is 422 g/mol. The van der Waals surface area contributed by atoms with Crippen molar-refractivity contribution < 1.29 is 22.4 Å². The van der Waals surface area contributed by atoms with E-state index in [1.54, 1.807) is 0 Å². The lowest BCUT2D eigenvalue weighted by Crippen LogP contribution is -2.40.